The molecule has 0 N–H and O–H groups in total. The summed E-state index contributed by atoms with van der Waals surface area (Å²) in [6.45, 7) is 0.348. The molecule has 2 saturated heterocycles. The minimum Gasteiger partial charge on any atom is -0.361 e. The Hall–Kier alpha value is -1.07. The number of rotatable bonds is 1. The zero-order valence-corrected chi connectivity index (χ0v) is 9.73. The highest BCUT2D eigenvalue weighted by Gasteiger charge is 2.54. The molecule has 0 radical (unpaired) electrons. The lowest BCUT2D eigenvalue weighted by Gasteiger charge is -2.30. The summed E-state index contributed by atoms with van der Waals surface area (Å²) < 4.78 is 44.5. The molecule has 2 heterocycles. The number of benzene rings is 1. The van der Waals surface area contributed by atoms with Gasteiger partial charge < -0.3 is 4.74 Å². The summed E-state index contributed by atoms with van der Waals surface area (Å²) in [6.07, 6.45) is -3.94. The van der Waals surface area contributed by atoms with Crippen molar-refractivity contribution in [3.05, 3.63) is 35.9 Å². The van der Waals surface area contributed by atoms with E-state index in [-0.39, 0.29) is 18.7 Å². The van der Waals surface area contributed by atoms with E-state index >= 15 is 0 Å². The Labute approximate surface area is 103 Å². The minimum absolute atomic E-state index is 0.136. The van der Waals surface area contributed by atoms with Crippen LogP contribution in [0, 0.1) is 0 Å². The van der Waals surface area contributed by atoms with E-state index in [9.17, 15) is 13.2 Å². The number of alkyl halides is 3. The third-order valence-electron chi connectivity index (χ3n) is 3.75. The van der Waals surface area contributed by atoms with Gasteiger partial charge in [-0.05, 0) is 18.4 Å². The normalized spacial score (nSPS) is 32.7. The monoisotopic (exact) mass is 257 g/mol. The van der Waals surface area contributed by atoms with Crippen LogP contribution >= 0.6 is 0 Å². The average molecular weight is 257 g/mol. The molecule has 2 fully saturated rings. The first-order valence-corrected chi connectivity index (χ1v) is 6.08. The summed E-state index contributed by atoms with van der Waals surface area (Å²) in [5, 5.41) is 0. The van der Waals surface area contributed by atoms with Crippen molar-refractivity contribution >= 4 is 0 Å². The van der Waals surface area contributed by atoms with Crippen LogP contribution in [-0.4, -0.2) is 30.0 Å². The highest BCUT2D eigenvalue weighted by molar-refractivity contribution is 5.21. The molecule has 98 valence electrons. The molecule has 1 aromatic carbocycles. The van der Waals surface area contributed by atoms with Gasteiger partial charge in [0.15, 0.2) is 0 Å². The second-order valence-corrected chi connectivity index (χ2v) is 4.80. The van der Waals surface area contributed by atoms with Crippen LogP contribution in [0.1, 0.15) is 24.4 Å². The molecule has 0 bridgehead atoms. The first-order chi connectivity index (χ1) is 8.57. The maximum Gasteiger partial charge on any atom is 0.404 e. The Balaban J connectivity index is 1.89. The number of hydrogen-bond acceptors (Lipinski definition) is 2. The van der Waals surface area contributed by atoms with E-state index in [4.69, 9.17) is 4.74 Å². The van der Waals surface area contributed by atoms with E-state index < -0.39 is 12.2 Å². The first-order valence-electron chi connectivity index (χ1n) is 6.08. The average Bonchev–Trinajstić information content (AvgIpc) is 2.88. The Kier molecular flexibility index (Phi) is 2.83. The van der Waals surface area contributed by atoms with Crippen molar-refractivity contribution in [2.45, 2.75) is 37.3 Å². The number of nitrogens with zero attached hydrogens (tertiary/aromatic N) is 1. The quantitative estimate of drug-likeness (QED) is 0.766. The van der Waals surface area contributed by atoms with Crippen LogP contribution in [0.15, 0.2) is 30.3 Å². The molecule has 2 aliphatic heterocycles. The van der Waals surface area contributed by atoms with Gasteiger partial charge in [0.2, 0.25) is 0 Å². The largest absolute Gasteiger partial charge is 0.404 e. The zero-order chi connectivity index (χ0) is 12.8. The molecule has 0 amide bonds. The minimum atomic E-state index is -4.17. The van der Waals surface area contributed by atoms with E-state index in [0.29, 0.717) is 13.0 Å². The molecular formula is C13H14F3NO. The smallest absolute Gasteiger partial charge is 0.361 e. The van der Waals surface area contributed by atoms with Gasteiger partial charge in [-0.3, -0.25) is 4.90 Å². The lowest BCUT2D eigenvalue weighted by Crippen LogP contribution is -2.43. The highest BCUT2D eigenvalue weighted by atomic mass is 19.4. The van der Waals surface area contributed by atoms with E-state index in [0.717, 1.165) is 5.56 Å². The van der Waals surface area contributed by atoms with Gasteiger partial charge in [-0.25, -0.2) is 0 Å². The highest BCUT2D eigenvalue weighted by Crippen LogP contribution is 2.45. The Morgan fingerprint density at radius 1 is 1.11 bits per heavy atom. The number of ether oxygens (including phenoxy) is 1. The van der Waals surface area contributed by atoms with Gasteiger partial charge in [0.05, 0.1) is 12.6 Å². The molecule has 3 rings (SSSR count). The molecule has 3 atom stereocenters. The summed E-state index contributed by atoms with van der Waals surface area (Å²) in [6, 6.07) is 7.65. The van der Waals surface area contributed by atoms with Crippen LogP contribution in [0.25, 0.3) is 0 Å². The lowest BCUT2D eigenvalue weighted by molar-refractivity contribution is -0.184. The third-order valence-corrected chi connectivity index (χ3v) is 3.75. The first kappa shape index (κ1) is 12.0. The second kappa shape index (κ2) is 4.24. The van der Waals surface area contributed by atoms with Gasteiger partial charge in [0, 0.05) is 0 Å². The lowest BCUT2D eigenvalue weighted by atomic mass is 10.1. The van der Waals surface area contributed by atoms with Crippen LogP contribution in [0.4, 0.5) is 13.2 Å². The Morgan fingerprint density at radius 3 is 2.50 bits per heavy atom. The van der Waals surface area contributed by atoms with E-state index in [1.807, 2.05) is 30.3 Å². The molecular weight excluding hydrogens is 243 g/mol. The van der Waals surface area contributed by atoms with Crippen molar-refractivity contribution in [1.82, 2.24) is 4.90 Å². The standard InChI is InChI=1S/C13H14F3NO/c14-13(15,16)11-6-7-12-17(11)10(8-18-12)9-4-2-1-3-5-9/h1-5,10-12H,6-8H2/t10-,11-,12-/m0/s1. The molecule has 2 aliphatic rings. The molecule has 0 aliphatic carbocycles. The molecule has 0 aromatic heterocycles. The molecule has 5 heteroatoms. The topological polar surface area (TPSA) is 12.5 Å². The van der Waals surface area contributed by atoms with Gasteiger partial charge in [-0.1, -0.05) is 30.3 Å². The summed E-state index contributed by atoms with van der Waals surface area (Å²) in [5.74, 6) is 0. The van der Waals surface area contributed by atoms with E-state index in [1.54, 1.807) is 0 Å². The third kappa shape index (κ3) is 1.91. The van der Waals surface area contributed by atoms with Crippen molar-refractivity contribution in [2.24, 2.45) is 0 Å². The zero-order valence-electron chi connectivity index (χ0n) is 9.73. The predicted octanol–water partition coefficient (Wildman–Crippen LogP) is 3.11. The second-order valence-electron chi connectivity index (χ2n) is 4.80. The van der Waals surface area contributed by atoms with Crippen molar-refractivity contribution in [3.63, 3.8) is 0 Å². The fourth-order valence-corrected chi connectivity index (χ4v) is 2.95. The number of fused-ring (bicyclic) bond motifs is 1. The maximum atomic E-state index is 13.0. The van der Waals surface area contributed by atoms with E-state index in [1.165, 1.54) is 4.90 Å². The van der Waals surface area contributed by atoms with Crippen molar-refractivity contribution in [3.8, 4) is 0 Å². The molecule has 1 aromatic rings. The Bertz CT molecular complexity index is 420. The summed E-state index contributed by atoms with van der Waals surface area (Å²) in [5.41, 5.74) is 0.899. The molecule has 18 heavy (non-hydrogen) atoms. The molecule has 0 saturated carbocycles. The van der Waals surface area contributed by atoms with Crippen LogP contribution in [-0.2, 0) is 4.74 Å². The predicted molar refractivity (Wildman–Crippen MR) is 59.8 cm³/mol. The van der Waals surface area contributed by atoms with Gasteiger partial charge in [0.25, 0.3) is 0 Å². The summed E-state index contributed by atoms with van der Waals surface area (Å²) in [7, 11) is 0. The molecule has 2 nitrogen and oxygen atoms in total. The van der Waals surface area contributed by atoms with Gasteiger partial charge in [-0.2, -0.15) is 13.2 Å². The SMILES string of the molecule is FC(F)(F)[C@@H]1CC[C@@H]2OC[C@@H](c3ccccc3)N21. The fourth-order valence-electron chi connectivity index (χ4n) is 2.95. The fraction of sp³-hybridized carbons (Fsp3) is 0.538. The summed E-state index contributed by atoms with van der Waals surface area (Å²) in [4.78, 5) is 1.50. The van der Waals surface area contributed by atoms with E-state index in [2.05, 4.69) is 0 Å². The van der Waals surface area contributed by atoms with Crippen molar-refractivity contribution in [1.29, 1.82) is 0 Å². The molecule has 0 spiro atoms. The molecule has 0 unspecified atom stereocenters. The number of hydrogen-bond donors (Lipinski definition) is 0. The van der Waals surface area contributed by atoms with Crippen LogP contribution in [0.5, 0.6) is 0 Å². The van der Waals surface area contributed by atoms with Gasteiger partial charge in [0.1, 0.15) is 12.3 Å². The van der Waals surface area contributed by atoms with Crippen LogP contribution in [0.2, 0.25) is 0 Å². The van der Waals surface area contributed by atoms with Gasteiger partial charge >= 0.3 is 6.18 Å². The van der Waals surface area contributed by atoms with Crippen molar-refractivity contribution in [2.75, 3.05) is 6.61 Å². The maximum absolute atomic E-state index is 13.0. The summed E-state index contributed by atoms with van der Waals surface area (Å²) >= 11 is 0. The number of halogens is 3. The Morgan fingerprint density at radius 2 is 1.83 bits per heavy atom. The van der Waals surface area contributed by atoms with Crippen molar-refractivity contribution < 1.29 is 17.9 Å². The van der Waals surface area contributed by atoms with Crippen LogP contribution < -0.4 is 0 Å². The van der Waals surface area contributed by atoms with Gasteiger partial charge in [-0.15, -0.1) is 0 Å². The van der Waals surface area contributed by atoms with Crippen LogP contribution in [0.3, 0.4) is 0 Å².